The second kappa shape index (κ2) is 6.12. The molecule has 0 atom stereocenters. The van der Waals surface area contributed by atoms with Crippen LogP contribution in [0, 0.1) is 0 Å². The summed E-state index contributed by atoms with van der Waals surface area (Å²) in [4.78, 5) is 12.1. The van der Waals surface area contributed by atoms with Crippen LogP contribution >= 0.6 is 0 Å². The Hall–Kier alpha value is -1.19. The maximum Gasteiger partial charge on any atom is 0.331 e. The maximum absolute atomic E-state index is 12.1. The zero-order valence-corrected chi connectivity index (χ0v) is 11.3. The van der Waals surface area contributed by atoms with Gasteiger partial charge < -0.3 is 5.11 Å². The molecule has 0 fully saturated rings. The topological polar surface area (TPSA) is 47.2 Å². The first-order chi connectivity index (χ1) is 8.75. The summed E-state index contributed by atoms with van der Waals surface area (Å²) in [7, 11) is 0. The summed E-state index contributed by atoms with van der Waals surface area (Å²) in [5.74, 6) is 0.218. The van der Waals surface area contributed by atoms with Crippen LogP contribution in [0.15, 0.2) is 4.79 Å². The van der Waals surface area contributed by atoms with E-state index in [1.807, 2.05) is 0 Å². The fourth-order valence-corrected chi connectivity index (χ4v) is 2.74. The minimum atomic E-state index is -0.0160. The number of aromatic nitrogens is 2. The molecule has 4 heteroatoms. The summed E-state index contributed by atoms with van der Waals surface area (Å²) in [6, 6.07) is 0. The zero-order valence-electron chi connectivity index (χ0n) is 11.3. The lowest BCUT2D eigenvalue weighted by molar-refractivity contribution is 0.399. The van der Waals surface area contributed by atoms with Crippen molar-refractivity contribution in [3.05, 3.63) is 16.2 Å². The molecule has 1 aliphatic rings. The molecule has 18 heavy (non-hydrogen) atoms. The van der Waals surface area contributed by atoms with Crippen LogP contribution < -0.4 is 5.69 Å². The average Bonchev–Trinajstić information content (AvgIpc) is 2.64. The highest BCUT2D eigenvalue weighted by molar-refractivity contribution is 5.21. The highest BCUT2D eigenvalue weighted by atomic mass is 16.3. The Bertz CT molecular complexity index is 445. The van der Waals surface area contributed by atoms with Gasteiger partial charge >= 0.3 is 5.69 Å². The van der Waals surface area contributed by atoms with E-state index in [1.54, 1.807) is 9.13 Å². The largest absolute Gasteiger partial charge is 0.493 e. The number of aromatic hydroxyl groups is 1. The zero-order chi connectivity index (χ0) is 13.0. The summed E-state index contributed by atoms with van der Waals surface area (Å²) >= 11 is 0. The van der Waals surface area contributed by atoms with Crippen LogP contribution in [0.4, 0.5) is 0 Å². The minimum Gasteiger partial charge on any atom is -0.493 e. The molecule has 0 bridgehead atoms. The number of fused-ring (bicyclic) bond motifs is 1. The average molecular weight is 252 g/mol. The summed E-state index contributed by atoms with van der Waals surface area (Å²) in [6.45, 7) is 3.62. The fraction of sp³-hybridized carbons (Fsp3) is 0.786. The van der Waals surface area contributed by atoms with E-state index in [1.165, 1.54) is 19.3 Å². The van der Waals surface area contributed by atoms with Gasteiger partial charge in [-0.15, -0.1) is 0 Å². The Morgan fingerprint density at radius 1 is 1.17 bits per heavy atom. The van der Waals surface area contributed by atoms with Crippen molar-refractivity contribution in [1.29, 1.82) is 0 Å². The molecule has 2 heterocycles. The third-order valence-electron chi connectivity index (χ3n) is 3.83. The van der Waals surface area contributed by atoms with Crippen molar-refractivity contribution < 1.29 is 5.11 Å². The van der Waals surface area contributed by atoms with Gasteiger partial charge in [-0.1, -0.05) is 32.6 Å². The molecule has 1 N–H and O–H groups in total. The van der Waals surface area contributed by atoms with Gasteiger partial charge in [-0.25, -0.2) is 4.79 Å². The molecular formula is C14H24N2O2. The normalized spacial score (nSPS) is 14.7. The Kier molecular flexibility index (Phi) is 4.50. The van der Waals surface area contributed by atoms with Crippen LogP contribution in [-0.4, -0.2) is 14.2 Å². The third kappa shape index (κ3) is 2.62. The molecule has 2 rings (SSSR count). The molecule has 0 saturated heterocycles. The standard InChI is InChI=1S/C14H24N2O2/c1-2-3-4-5-7-11-16-13(17)12-9-6-8-10-15(12)14(16)18/h17H,2-11H2,1H3. The monoisotopic (exact) mass is 252 g/mol. The van der Waals surface area contributed by atoms with Crippen molar-refractivity contribution in [3.8, 4) is 5.88 Å². The second-order valence-electron chi connectivity index (χ2n) is 5.23. The Morgan fingerprint density at radius 2 is 1.94 bits per heavy atom. The van der Waals surface area contributed by atoms with E-state index >= 15 is 0 Å². The van der Waals surface area contributed by atoms with Crippen LogP contribution in [0.25, 0.3) is 0 Å². The van der Waals surface area contributed by atoms with Gasteiger partial charge in [-0.05, 0) is 25.7 Å². The molecule has 4 nitrogen and oxygen atoms in total. The lowest BCUT2D eigenvalue weighted by atomic mass is 10.1. The smallest absolute Gasteiger partial charge is 0.331 e. The van der Waals surface area contributed by atoms with Gasteiger partial charge in [0.05, 0.1) is 5.69 Å². The molecule has 0 unspecified atom stereocenters. The van der Waals surface area contributed by atoms with Crippen LogP contribution in [-0.2, 0) is 19.5 Å². The predicted octanol–water partition coefficient (Wildman–Crippen LogP) is 2.66. The first kappa shape index (κ1) is 13.2. The van der Waals surface area contributed by atoms with Gasteiger partial charge in [-0.3, -0.25) is 9.13 Å². The number of hydrogen-bond donors (Lipinski definition) is 1. The quantitative estimate of drug-likeness (QED) is 0.791. The molecule has 0 saturated carbocycles. The highest BCUT2D eigenvalue weighted by Gasteiger charge is 2.21. The first-order valence-corrected chi connectivity index (χ1v) is 7.27. The van der Waals surface area contributed by atoms with E-state index < -0.39 is 0 Å². The van der Waals surface area contributed by atoms with Crippen LogP contribution in [0.5, 0.6) is 5.88 Å². The summed E-state index contributed by atoms with van der Waals surface area (Å²) in [5.41, 5.74) is 0.831. The van der Waals surface area contributed by atoms with E-state index in [0.717, 1.165) is 44.3 Å². The van der Waals surface area contributed by atoms with Gasteiger partial charge in [0, 0.05) is 13.1 Å². The van der Waals surface area contributed by atoms with Gasteiger partial charge in [0.1, 0.15) is 0 Å². The lowest BCUT2D eigenvalue weighted by Crippen LogP contribution is -2.26. The molecule has 1 aromatic rings. The SMILES string of the molecule is CCCCCCCn1c(O)c2n(c1=O)CCCC2. The Balaban J connectivity index is 2.00. The molecule has 0 aliphatic carbocycles. The molecule has 1 aliphatic heterocycles. The number of unbranched alkanes of at least 4 members (excludes halogenated alkanes) is 4. The van der Waals surface area contributed by atoms with E-state index in [2.05, 4.69) is 6.92 Å². The van der Waals surface area contributed by atoms with Crippen molar-refractivity contribution in [2.45, 2.75) is 71.4 Å². The number of imidazole rings is 1. The molecule has 1 aromatic heterocycles. The molecule has 102 valence electrons. The van der Waals surface area contributed by atoms with Crippen molar-refractivity contribution >= 4 is 0 Å². The second-order valence-corrected chi connectivity index (χ2v) is 5.23. The highest BCUT2D eigenvalue weighted by Crippen LogP contribution is 2.22. The Morgan fingerprint density at radius 3 is 2.67 bits per heavy atom. The first-order valence-electron chi connectivity index (χ1n) is 7.27. The van der Waals surface area contributed by atoms with Crippen LogP contribution in [0.1, 0.15) is 57.6 Å². The van der Waals surface area contributed by atoms with Crippen LogP contribution in [0.3, 0.4) is 0 Å². The molecular weight excluding hydrogens is 228 g/mol. The molecule has 0 spiro atoms. The Labute approximate surface area is 108 Å². The molecule has 0 amide bonds. The van der Waals surface area contributed by atoms with Gasteiger partial charge in [0.25, 0.3) is 0 Å². The van der Waals surface area contributed by atoms with E-state index in [-0.39, 0.29) is 11.6 Å². The van der Waals surface area contributed by atoms with Crippen molar-refractivity contribution in [2.75, 3.05) is 0 Å². The summed E-state index contributed by atoms with van der Waals surface area (Å²) in [5, 5.41) is 10.1. The summed E-state index contributed by atoms with van der Waals surface area (Å²) < 4.78 is 3.32. The van der Waals surface area contributed by atoms with Crippen LogP contribution in [0.2, 0.25) is 0 Å². The minimum absolute atomic E-state index is 0.0160. The number of hydrogen-bond acceptors (Lipinski definition) is 2. The van der Waals surface area contributed by atoms with Gasteiger partial charge in [-0.2, -0.15) is 0 Å². The maximum atomic E-state index is 12.1. The fourth-order valence-electron chi connectivity index (χ4n) is 2.74. The number of rotatable bonds is 6. The third-order valence-corrected chi connectivity index (χ3v) is 3.83. The van der Waals surface area contributed by atoms with Gasteiger partial charge in [0.2, 0.25) is 5.88 Å². The van der Waals surface area contributed by atoms with Crippen molar-refractivity contribution in [3.63, 3.8) is 0 Å². The molecule has 0 aromatic carbocycles. The van der Waals surface area contributed by atoms with Crippen molar-refractivity contribution in [1.82, 2.24) is 9.13 Å². The van der Waals surface area contributed by atoms with E-state index in [9.17, 15) is 9.90 Å². The van der Waals surface area contributed by atoms with Gasteiger partial charge in [0.15, 0.2) is 0 Å². The number of nitrogens with zero attached hydrogens (tertiary/aromatic N) is 2. The van der Waals surface area contributed by atoms with E-state index in [0.29, 0.717) is 6.54 Å². The molecule has 0 radical (unpaired) electrons. The lowest BCUT2D eigenvalue weighted by Gasteiger charge is -2.11. The van der Waals surface area contributed by atoms with Crippen molar-refractivity contribution in [2.24, 2.45) is 0 Å². The summed E-state index contributed by atoms with van der Waals surface area (Å²) in [6.07, 6.45) is 8.79. The van der Waals surface area contributed by atoms with E-state index in [4.69, 9.17) is 0 Å². The predicted molar refractivity (Wildman–Crippen MR) is 72.1 cm³/mol.